The third-order valence-electron chi connectivity index (χ3n) is 5.43. The van der Waals surface area contributed by atoms with Crippen LogP contribution >= 0.6 is 0 Å². The van der Waals surface area contributed by atoms with Gasteiger partial charge in [-0.3, -0.25) is 0 Å². The molecule has 2 saturated carbocycles. The zero-order chi connectivity index (χ0) is 12.3. The molecule has 2 fully saturated rings. The van der Waals surface area contributed by atoms with E-state index in [1.807, 2.05) is 6.07 Å². The lowest BCUT2D eigenvalue weighted by molar-refractivity contribution is 0.166. The first-order valence-corrected chi connectivity index (χ1v) is 7.20. The molecule has 0 radical (unpaired) electrons. The molecule has 0 spiro atoms. The largest absolute Gasteiger partial charge is 0.488 e. The van der Waals surface area contributed by atoms with Gasteiger partial charge in [0.05, 0.1) is 0 Å². The monoisotopic (exact) mass is 242 g/mol. The topological polar surface area (TPSA) is 40.5 Å². The van der Waals surface area contributed by atoms with E-state index in [2.05, 4.69) is 12.1 Å². The SMILES string of the molecule is OB(O)c1ccc2c(c1)C1CC3CC(CC2C3)C1. The Morgan fingerprint density at radius 2 is 1.44 bits per heavy atom. The maximum atomic E-state index is 9.35. The number of hydrogen-bond acceptors (Lipinski definition) is 2. The predicted octanol–water partition coefficient (Wildman–Crippen LogP) is 1.76. The Balaban J connectivity index is 1.84. The Bertz CT molecular complexity index is 471. The van der Waals surface area contributed by atoms with E-state index >= 15 is 0 Å². The number of hydrogen-bond donors (Lipinski definition) is 2. The lowest BCUT2D eigenvalue weighted by atomic mass is 9.67. The molecule has 0 aliphatic heterocycles. The normalized spacial score (nSPS) is 36.3. The van der Waals surface area contributed by atoms with Crippen LogP contribution in [0.25, 0.3) is 0 Å². The Hall–Kier alpha value is -0.795. The minimum atomic E-state index is -1.33. The molecule has 1 aromatic rings. The highest BCUT2D eigenvalue weighted by Gasteiger charge is 2.42. The zero-order valence-electron chi connectivity index (χ0n) is 10.5. The maximum Gasteiger partial charge on any atom is 0.488 e. The van der Waals surface area contributed by atoms with E-state index in [1.54, 1.807) is 0 Å². The van der Waals surface area contributed by atoms with Gasteiger partial charge in [-0.05, 0) is 72.4 Å². The molecule has 94 valence electrons. The molecule has 3 heteroatoms. The molecular weight excluding hydrogens is 223 g/mol. The standard InChI is InChI=1S/C15H19BO2/c17-16(18)13-1-2-14-11-4-9-3-10(5-11)7-12(6-9)15(14)8-13/h1-2,8-12,17-18H,3-7H2. The fourth-order valence-electron chi connectivity index (χ4n) is 4.84. The molecule has 0 amide bonds. The highest BCUT2D eigenvalue weighted by molar-refractivity contribution is 6.58. The predicted molar refractivity (Wildman–Crippen MR) is 71.8 cm³/mol. The van der Waals surface area contributed by atoms with E-state index in [0.29, 0.717) is 11.4 Å². The van der Waals surface area contributed by atoms with Crippen LogP contribution in [0.4, 0.5) is 0 Å². The van der Waals surface area contributed by atoms with Crippen LogP contribution in [-0.2, 0) is 0 Å². The maximum absolute atomic E-state index is 9.35. The fraction of sp³-hybridized carbons (Fsp3) is 0.600. The summed E-state index contributed by atoms with van der Waals surface area (Å²) in [5.41, 5.74) is 3.60. The molecule has 0 aromatic heterocycles. The smallest absolute Gasteiger partial charge is 0.423 e. The zero-order valence-corrected chi connectivity index (χ0v) is 10.5. The van der Waals surface area contributed by atoms with Gasteiger partial charge in [0.25, 0.3) is 0 Å². The van der Waals surface area contributed by atoms with E-state index < -0.39 is 7.12 Å². The van der Waals surface area contributed by atoms with Crippen LogP contribution in [0.5, 0.6) is 0 Å². The summed E-state index contributed by atoms with van der Waals surface area (Å²) in [6, 6.07) is 6.13. The molecule has 4 aliphatic carbocycles. The third-order valence-corrected chi connectivity index (χ3v) is 5.43. The van der Waals surface area contributed by atoms with Crippen molar-refractivity contribution < 1.29 is 10.0 Å². The minimum Gasteiger partial charge on any atom is -0.423 e. The molecule has 2 unspecified atom stereocenters. The van der Waals surface area contributed by atoms with Gasteiger partial charge in [0.1, 0.15) is 0 Å². The van der Waals surface area contributed by atoms with E-state index in [1.165, 1.54) is 43.2 Å². The van der Waals surface area contributed by atoms with Gasteiger partial charge in [-0.1, -0.05) is 18.2 Å². The van der Waals surface area contributed by atoms with Gasteiger partial charge in [0.2, 0.25) is 0 Å². The summed E-state index contributed by atoms with van der Waals surface area (Å²) in [6.45, 7) is 0. The van der Waals surface area contributed by atoms with E-state index in [4.69, 9.17) is 0 Å². The van der Waals surface area contributed by atoms with Crippen molar-refractivity contribution in [1.29, 1.82) is 0 Å². The average molecular weight is 242 g/mol. The molecule has 5 rings (SSSR count). The van der Waals surface area contributed by atoms with Crippen molar-refractivity contribution in [2.75, 3.05) is 0 Å². The van der Waals surface area contributed by atoms with Crippen molar-refractivity contribution in [2.45, 2.75) is 43.9 Å². The lowest BCUT2D eigenvalue weighted by Gasteiger charge is -2.38. The second-order valence-corrected chi connectivity index (χ2v) is 6.57. The van der Waals surface area contributed by atoms with Gasteiger partial charge >= 0.3 is 7.12 Å². The molecule has 0 saturated heterocycles. The number of rotatable bonds is 1. The highest BCUT2D eigenvalue weighted by Crippen LogP contribution is 2.55. The Morgan fingerprint density at radius 3 is 2.06 bits per heavy atom. The van der Waals surface area contributed by atoms with Crippen molar-refractivity contribution in [3.63, 3.8) is 0 Å². The Labute approximate surface area is 108 Å². The Morgan fingerprint density at radius 1 is 0.833 bits per heavy atom. The van der Waals surface area contributed by atoms with Crippen molar-refractivity contribution in [3.05, 3.63) is 29.3 Å². The lowest BCUT2D eigenvalue weighted by Crippen LogP contribution is -2.30. The van der Waals surface area contributed by atoms with Crippen LogP contribution in [0.15, 0.2) is 18.2 Å². The minimum absolute atomic E-state index is 0.662. The Kier molecular flexibility index (Phi) is 2.37. The molecular formula is C15H19BO2. The average Bonchev–Trinajstić information content (AvgIpc) is 2.52. The van der Waals surface area contributed by atoms with Gasteiger partial charge in [-0.2, -0.15) is 0 Å². The van der Waals surface area contributed by atoms with E-state index in [9.17, 15) is 10.0 Å². The molecule has 4 bridgehead atoms. The van der Waals surface area contributed by atoms with Crippen molar-refractivity contribution in [2.24, 2.45) is 11.8 Å². The quantitative estimate of drug-likeness (QED) is 0.736. The van der Waals surface area contributed by atoms with Crippen LogP contribution in [0.2, 0.25) is 0 Å². The molecule has 2 N–H and O–H groups in total. The van der Waals surface area contributed by atoms with Crippen molar-refractivity contribution >= 4 is 12.6 Å². The van der Waals surface area contributed by atoms with Crippen LogP contribution in [0.3, 0.4) is 0 Å². The first kappa shape index (κ1) is 11.1. The first-order chi connectivity index (χ1) is 8.70. The van der Waals surface area contributed by atoms with Crippen LogP contribution in [0, 0.1) is 11.8 Å². The van der Waals surface area contributed by atoms with Crippen LogP contribution in [-0.4, -0.2) is 17.2 Å². The summed E-state index contributed by atoms with van der Waals surface area (Å²) in [5.74, 6) is 3.25. The summed E-state index contributed by atoms with van der Waals surface area (Å²) in [6.07, 6.45) is 6.81. The summed E-state index contributed by atoms with van der Waals surface area (Å²) < 4.78 is 0. The summed E-state index contributed by atoms with van der Waals surface area (Å²) in [4.78, 5) is 0. The van der Waals surface area contributed by atoms with Gasteiger partial charge < -0.3 is 10.0 Å². The summed E-state index contributed by atoms with van der Waals surface area (Å²) >= 11 is 0. The molecule has 2 nitrogen and oxygen atoms in total. The number of benzene rings is 1. The van der Waals surface area contributed by atoms with Crippen molar-refractivity contribution in [1.82, 2.24) is 0 Å². The van der Waals surface area contributed by atoms with E-state index in [0.717, 1.165) is 17.8 Å². The van der Waals surface area contributed by atoms with E-state index in [-0.39, 0.29) is 0 Å². The molecule has 18 heavy (non-hydrogen) atoms. The second kappa shape index (κ2) is 3.85. The van der Waals surface area contributed by atoms with Gasteiger partial charge in [0.15, 0.2) is 0 Å². The van der Waals surface area contributed by atoms with Gasteiger partial charge in [-0.15, -0.1) is 0 Å². The van der Waals surface area contributed by atoms with Crippen LogP contribution in [0.1, 0.15) is 55.1 Å². The third kappa shape index (κ3) is 1.57. The molecule has 4 aliphatic rings. The molecule has 2 atom stereocenters. The first-order valence-electron chi connectivity index (χ1n) is 7.20. The molecule has 1 aromatic carbocycles. The summed E-state index contributed by atoms with van der Waals surface area (Å²) in [7, 11) is -1.33. The molecule has 0 heterocycles. The van der Waals surface area contributed by atoms with Gasteiger partial charge in [0, 0.05) is 0 Å². The summed E-state index contributed by atoms with van der Waals surface area (Å²) in [5, 5.41) is 18.7. The fourth-order valence-corrected chi connectivity index (χ4v) is 4.84. The second-order valence-electron chi connectivity index (χ2n) is 6.57. The highest BCUT2D eigenvalue weighted by atomic mass is 16.4. The van der Waals surface area contributed by atoms with Gasteiger partial charge in [-0.25, -0.2) is 0 Å². The van der Waals surface area contributed by atoms with Crippen LogP contribution < -0.4 is 5.46 Å². The van der Waals surface area contributed by atoms with Crippen molar-refractivity contribution in [3.8, 4) is 0 Å².